The van der Waals surface area contributed by atoms with Crippen LogP contribution in [0, 0.1) is 6.92 Å². The summed E-state index contributed by atoms with van der Waals surface area (Å²) in [6.07, 6.45) is 2.25. The molecule has 28 heavy (non-hydrogen) atoms. The molecule has 0 aromatic heterocycles. The Hall–Kier alpha value is -3.58. The highest BCUT2D eigenvalue weighted by Crippen LogP contribution is 2.27. The van der Waals surface area contributed by atoms with Gasteiger partial charge in [-0.1, -0.05) is 91.0 Å². The number of rotatable bonds is 5. The molecular formula is C27H23N. The minimum absolute atomic E-state index is 1.09. The topological polar surface area (TPSA) is 12.0 Å². The smallest absolute Gasteiger partial charge is 0.0413 e. The molecule has 1 nitrogen and oxygen atoms in total. The minimum atomic E-state index is 1.09. The van der Waals surface area contributed by atoms with Crippen molar-refractivity contribution in [2.75, 3.05) is 5.32 Å². The van der Waals surface area contributed by atoms with E-state index in [1.54, 1.807) is 0 Å². The highest BCUT2D eigenvalue weighted by Gasteiger charge is 2.05. The van der Waals surface area contributed by atoms with Gasteiger partial charge in [0.15, 0.2) is 0 Å². The van der Waals surface area contributed by atoms with Gasteiger partial charge in [0.05, 0.1) is 0 Å². The summed E-state index contributed by atoms with van der Waals surface area (Å²) in [7, 11) is 0. The summed E-state index contributed by atoms with van der Waals surface area (Å²) in [5.41, 5.74) is 8.31. The second-order valence-corrected chi connectivity index (χ2v) is 6.85. The molecule has 0 atom stereocenters. The number of hydrogen-bond donors (Lipinski definition) is 1. The van der Waals surface area contributed by atoms with Crippen molar-refractivity contribution in [3.8, 4) is 0 Å². The summed E-state index contributed by atoms with van der Waals surface area (Å²) < 4.78 is 0. The molecule has 0 aliphatic carbocycles. The van der Waals surface area contributed by atoms with E-state index in [9.17, 15) is 0 Å². The molecule has 0 aliphatic heterocycles. The van der Waals surface area contributed by atoms with Crippen LogP contribution in [0.25, 0.3) is 11.6 Å². The van der Waals surface area contributed by atoms with E-state index in [4.69, 9.17) is 0 Å². The Morgan fingerprint density at radius 2 is 1.14 bits per heavy atom. The fourth-order valence-electron chi connectivity index (χ4n) is 3.27. The molecular weight excluding hydrogens is 338 g/mol. The summed E-state index contributed by atoms with van der Waals surface area (Å²) >= 11 is 0. The lowest BCUT2D eigenvalue weighted by Gasteiger charge is -2.11. The van der Waals surface area contributed by atoms with E-state index in [2.05, 4.69) is 128 Å². The number of aryl methyl sites for hydroxylation is 1. The Labute approximate surface area is 167 Å². The van der Waals surface area contributed by atoms with Crippen molar-refractivity contribution in [3.05, 3.63) is 131 Å². The number of hydrogen-bond acceptors (Lipinski definition) is 1. The van der Waals surface area contributed by atoms with Crippen LogP contribution in [-0.4, -0.2) is 0 Å². The van der Waals surface area contributed by atoms with E-state index in [1.807, 2.05) is 0 Å². The van der Waals surface area contributed by atoms with Gasteiger partial charge < -0.3 is 5.32 Å². The predicted molar refractivity (Wildman–Crippen MR) is 121 cm³/mol. The van der Waals surface area contributed by atoms with Crippen LogP contribution in [0.1, 0.15) is 22.3 Å². The monoisotopic (exact) mass is 361 g/mol. The van der Waals surface area contributed by atoms with Crippen LogP contribution < -0.4 is 5.32 Å². The molecule has 1 N–H and O–H groups in total. The van der Waals surface area contributed by atoms with Crippen LogP contribution in [0.3, 0.4) is 0 Å². The average Bonchev–Trinajstić information content (AvgIpc) is 2.76. The van der Waals surface area contributed by atoms with Crippen molar-refractivity contribution in [2.24, 2.45) is 0 Å². The van der Waals surface area contributed by atoms with Gasteiger partial charge in [0.25, 0.3) is 0 Å². The van der Waals surface area contributed by atoms with Crippen molar-refractivity contribution >= 4 is 23.0 Å². The zero-order valence-corrected chi connectivity index (χ0v) is 16.0. The molecule has 0 amide bonds. The zero-order valence-electron chi connectivity index (χ0n) is 16.0. The Morgan fingerprint density at radius 1 is 0.607 bits per heavy atom. The van der Waals surface area contributed by atoms with Gasteiger partial charge in [0.1, 0.15) is 0 Å². The molecule has 0 radical (unpaired) electrons. The number of nitrogens with one attached hydrogen (secondary N) is 1. The Morgan fingerprint density at radius 3 is 1.71 bits per heavy atom. The van der Waals surface area contributed by atoms with Gasteiger partial charge >= 0.3 is 0 Å². The van der Waals surface area contributed by atoms with E-state index >= 15 is 0 Å². The van der Waals surface area contributed by atoms with E-state index in [1.165, 1.54) is 27.8 Å². The first kappa shape index (κ1) is 17.8. The molecule has 0 heterocycles. The molecule has 0 saturated heterocycles. The maximum atomic E-state index is 3.50. The lowest BCUT2D eigenvalue weighted by atomic mass is 9.96. The van der Waals surface area contributed by atoms with Gasteiger partial charge in [-0.2, -0.15) is 0 Å². The highest BCUT2D eigenvalue weighted by atomic mass is 14.9. The lowest BCUT2D eigenvalue weighted by molar-refractivity contribution is 1.43. The third-order valence-corrected chi connectivity index (χ3v) is 4.82. The van der Waals surface area contributed by atoms with Crippen LogP contribution in [0.5, 0.6) is 0 Å². The average molecular weight is 361 g/mol. The molecule has 4 aromatic rings. The van der Waals surface area contributed by atoms with Crippen molar-refractivity contribution in [1.29, 1.82) is 0 Å². The molecule has 136 valence electrons. The van der Waals surface area contributed by atoms with Gasteiger partial charge in [-0.15, -0.1) is 0 Å². The van der Waals surface area contributed by atoms with Gasteiger partial charge in [-0.3, -0.25) is 0 Å². The fourth-order valence-corrected chi connectivity index (χ4v) is 3.27. The molecule has 4 rings (SSSR count). The van der Waals surface area contributed by atoms with Crippen LogP contribution in [0.2, 0.25) is 0 Å². The third kappa shape index (κ3) is 4.21. The van der Waals surface area contributed by atoms with E-state index in [0.29, 0.717) is 0 Å². The fraction of sp³-hybridized carbons (Fsp3) is 0.0370. The quantitative estimate of drug-likeness (QED) is 0.367. The molecule has 0 unspecified atom stereocenters. The summed E-state index contributed by atoms with van der Waals surface area (Å²) in [5.74, 6) is 0. The minimum Gasteiger partial charge on any atom is -0.355 e. The normalized spacial score (nSPS) is 10.3. The molecule has 0 aliphatic rings. The van der Waals surface area contributed by atoms with Crippen molar-refractivity contribution < 1.29 is 0 Å². The number of anilines is 2. The second-order valence-electron chi connectivity index (χ2n) is 6.85. The first-order valence-electron chi connectivity index (χ1n) is 9.55. The molecule has 0 bridgehead atoms. The molecule has 1 heteroatoms. The molecule has 4 aromatic carbocycles. The van der Waals surface area contributed by atoms with Gasteiger partial charge in [0, 0.05) is 11.4 Å². The molecule has 0 fully saturated rings. The Balaban J connectivity index is 1.65. The van der Waals surface area contributed by atoms with Crippen LogP contribution in [-0.2, 0) is 0 Å². The van der Waals surface area contributed by atoms with Crippen molar-refractivity contribution in [1.82, 2.24) is 0 Å². The van der Waals surface area contributed by atoms with Gasteiger partial charge in [-0.05, 0) is 59.0 Å². The Bertz CT molecular complexity index is 1020. The predicted octanol–water partition coefficient (Wildman–Crippen LogP) is 7.33. The summed E-state index contributed by atoms with van der Waals surface area (Å²) in [4.78, 5) is 0. The van der Waals surface area contributed by atoms with Gasteiger partial charge in [0.2, 0.25) is 0 Å². The first-order valence-corrected chi connectivity index (χ1v) is 9.55. The molecule has 0 spiro atoms. The maximum Gasteiger partial charge on any atom is 0.0413 e. The standard InChI is InChI=1S/C27H23N/c1-21-10-8-9-15-27(21)28-25-18-16-22(17-19-25)20-26(23-11-4-2-5-12-23)24-13-6-3-7-14-24/h2-20,28H,1H3. The maximum absolute atomic E-state index is 3.50. The summed E-state index contributed by atoms with van der Waals surface area (Å²) in [5, 5.41) is 3.50. The zero-order chi connectivity index (χ0) is 19.2. The first-order chi connectivity index (χ1) is 13.8. The van der Waals surface area contributed by atoms with Crippen molar-refractivity contribution in [2.45, 2.75) is 6.92 Å². The summed E-state index contributed by atoms with van der Waals surface area (Å²) in [6, 6.07) is 38.0. The van der Waals surface area contributed by atoms with E-state index < -0.39 is 0 Å². The molecule has 0 saturated carbocycles. The number of para-hydroxylation sites is 1. The summed E-state index contributed by atoms with van der Waals surface area (Å²) in [6.45, 7) is 2.12. The van der Waals surface area contributed by atoms with Crippen LogP contribution in [0.4, 0.5) is 11.4 Å². The van der Waals surface area contributed by atoms with Crippen LogP contribution >= 0.6 is 0 Å². The van der Waals surface area contributed by atoms with E-state index in [0.717, 1.165) is 11.4 Å². The highest BCUT2D eigenvalue weighted by molar-refractivity contribution is 5.91. The van der Waals surface area contributed by atoms with Gasteiger partial charge in [-0.25, -0.2) is 0 Å². The third-order valence-electron chi connectivity index (χ3n) is 4.82. The van der Waals surface area contributed by atoms with Crippen LogP contribution in [0.15, 0.2) is 109 Å². The van der Waals surface area contributed by atoms with Crippen molar-refractivity contribution in [3.63, 3.8) is 0 Å². The SMILES string of the molecule is Cc1ccccc1Nc1ccc(C=C(c2ccccc2)c2ccccc2)cc1. The lowest BCUT2D eigenvalue weighted by Crippen LogP contribution is -1.92. The van der Waals surface area contributed by atoms with E-state index in [-0.39, 0.29) is 0 Å². The number of benzene rings is 4. The second kappa shape index (κ2) is 8.41. The largest absolute Gasteiger partial charge is 0.355 e. The Kier molecular flexibility index (Phi) is 5.35.